The fraction of sp³-hybridized carbons (Fsp3) is 0.286. The molecular weight excluding hydrogens is 278 g/mol. The number of nitrogens with one attached hydrogen (secondary N) is 1. The molecule has 3 heteroatoms. The van der Waals surface area contributed by atoms with Gasteiger partial charge < -0.3 is 9.73 Å². The molecule has 17 heavy (non-hydrogen) atoms. The number of hydrogen-bond acceptors (Lipinski definition) is 2. The van der Waals surface area contributed by atoms with Gasteiger partial charge in [0.2, 0.25) is 0 Å². The van der Waals surface area contributed by atoms with Crippen LogP contribution in [0.2, 0.25) is 0 Å². The molecule has 0 saturated heterocycles. The van der Waals surface area contributed by atoms with Crippen LogP contribution in [0.3, 0.4) is 0 Å². The maximum Gasteiger partial charge on any atom is 0.174 e. The third kappa shape index (κ3) is 2.45. The molecule has 1 aromatic heterocycles. The number of halogens is 1. The Bertz CT molecular complexity index is 519. The molecule has 2 nitrogen and oxygen atoms in total. The summed E-state index contributed by atoms with van der Waals surface area (Å²) >= 11 is 3.44. The maximum atomic E-state index is 5.32. The first-order valence-electron chi connectivity index (χ1n) is 5.60. The predicted molar refractivity (Wildman–Crippen MR) is 73.2 cm³/mol. The summed E-state index contributed by atoms with van der Waals surface area (Å²) in [5.74, 6) is 0. The van der Waals surface area contributed by atoms with Gasteiger partial charge in [-0.3, -0.25) is 0 Å². The van der Waals surface area contributed by atoms with E-state index in [1.807, 2.05) is 13.1 Å². The molecule has 1 unspecified atom stereocenters. The van der Waals surface area contributed by atoms with Gasteiger partial charge in [0.25, 0.3) is 0 Å². The minimum atomic E-state index is 0.156. The molecule has 0 spiro atoms. The van der Waals surface area contributed by atoms with Gasteiger partial charge in [-0.15, -0.1) is 0 Å². The third-order valence-corrected chi connectivity index (χ3v) is 3.64. The Balaban J connectivity index is 2.49. The lowest BCUT2D eigenvalue weighted by molar-refractivity contribution is 0.530. The summed E-state index contributed by atoms with van der Waals surface area (Å²) in [6, 6.07) is 8.66. The van der Waals surface area contributed by atoms with E-state index in [0.29, 0.717) is 0 Å². The lowest BCUT2D eigenvalue weighted by Crippen LogP contribution is -2.18. The molecule has 0 radical (unpaired) electrons. The third-order valence-electron chi connectivity index (χ3n) is 2.99. The quantitative estimate of drug-likeness (QED) is 0.926. The summed E-state index contributed by atoms with van der Waals surface area (Å²) in [5.41, 5.74) is 4.96. The normalized spacial score (nSPS) is 12.7. The van der Waals surface area contributed by atoms with Gasteiger partial charge in [-0.2, -0.15) is 0 Å². The molecule has 1 heterocycles. The van der Waals surface area contributed by atoms with Gasteiger partial charge >= 0.3 is 0 Å². The molecule has 1 N–H and O–H groups in total. The molecule has 0 aliphatic rings. The minimum Gasteiger partial charge on any atom is -0.457 e. The van der Waals surface area contributed by atoms with Crippen LogP contribution in [0.4, 0.5) is 0 Å². The zero-order valence-corrected chi connectivity index (χ0v) is 11.8. The maximum absolute atomic E-state index is 5.32. The van der Waals surface area contributed by atoms with Gasteiger partial charge in [-0.1, -0.05) is 23.8 Å². The van der Waals surface area contributed by atoms with Crippen molar-refractivity contribution in [1.29, 1.82) is 0 Å². The zero-order valence-electron chi connectivity index (χ0n) is 10.3. The molecule has 0 fully saturated rings. The highest BCUT2D eigenvalue weighted by atomic mass is 79.9. The standard InChI is InChI=1S/C14H16BrNO/c1-9-4-5-10(2)12(8-9)13(16-3)11-6-7-17-14(11)15/h4-8,13,16H,1-3H3. The van der Waals surface area contributed by atoms with E-state index in [0.717, 1.165) is 10.2 Å². The fourth-order valence-electron chi connectivity index (χ4n) is 2.06. The Morgan fingerprint density at radius 2 is 1.94 bits per heavy atom. The minimum absolute atomic E-state index is 0.156. The topological polar surface area (TPSA) is 25.2 Å². The Labute approximate surface area is 110 Å². The highest BCUT2D eigenvalue weighted by molar-refractivity contribution is 9.10. The van der Waals surface area contributed by atoms with E-state index in [4.69, 9.17) is 4.42 Å². The van der Waals surface area contributed by atoms with Gasteiger partial charge in [0.15, 0.2) is 4.67 Å². The van der Waals surface area contributed by atoms with E-state index in [9.17, 15) is 0 Å². The van der Waals surface area contributed by atoms with Gasteiger partial charge in [0.05, 0.1) is 12.3 Å². The van der Waals surface area contributed by atoms with Crippen LogP contribution in [0.5, 0.6) is 0 Å². The second-order valence-corrected chi connectivity index (χ2v) is 4.95. The number of aryl methyl sites for hydroxylation is 2. The van der Waals surface area contributed by atoms with Crippen molar-refractivity contribution in [2.45, 2.75) is 19.9 Å². The van der Waals surface area contributed by atoms with E-state index < -0.39 is 0 Å². The first kappa shape index (κ1) is 12.4. The highest BCUT2D eigenvalue weighted by Crippen LogP contribution is 2.31. The summed E-state index contributed by atoms with van der Waals surface area (Å²) in [7, 11) is 1.96. The van der Waals surface area contributed by atoms with Crippen molar-refractivity contribution < 1.29 is 4.42 Å². The highest BCUT2D eigenvalue weighted by Gasteiger charge is 2.18. The smallest absolute Gasteiger partial charge is 0.174 e. The molecule has 0 saturated carbocycles. The van der Waals surface area contributed by atoms with Crippen molar-refractivity contribution in [3.63, 3.8) is 0 Å². The van der Waals surface area contributed by atoms with Gasteiger partial charge in [-0.05, 0) is 54.0 Å². The van der Waals surface area contributed by atoms with Crippen molar-refractivity contribution in [3.05, 3.63) is 57.5 Å². The van der Waals surface area contributed by atoms with Gasteiger partial charge in [-0.25, -0.2) is 0 Å². The van der Waals surface area contributed by atoms with E-state index in [2.05, 4.69) is 53.3 Å². The van der Waals surface area contributed by atoms with Crippen molar-refractivity contribution in [3.8, 4) is 0 Å². The van der Waals surface area contributed by atoms with E-state index in [1.54, 1.807) is 6.26 Å². The molecule has 1 atom stereocenters. The summed E-state index contributed by atoms with van der Waals surface area (Å²) in [6.07, 6.45) is 1.70. The molecule has 0 aliphatic carbocycles. The van der Waals surface area contributed by atoms with Gasteiger partial charge in [0, 0.05) is 5.56 Å². The van der Waals surface area contributed by atoms with Crippen molar-refractivity contribution in [1.82, 2.24) is 5.32 Å². The molecule has 2 rings (SSSR count). The van der Waals surface area contributed by atoms with Crippen LogP contribution in [0.1, 0.15) is 28.3 Å². The van der Waals surface area contributed by atoms with Crippen LogP contribution < -0.4 is 5.32 Å². The molecule has 0 aliphatic heterocycles. The lowest BCUT2D eigenvalue weighted by atomic mass is 9.95. The number of rotatable bonds is 3. The first-order valence-corrected chi connectivity index (χ1v) is 6.40. The van der Waals surface area contributed by atoms with Crippen LogP contribution >= 0.6 is 15.9 Å². The molecule has 2 aromatic rings. The molecular formula is C14H16BrNO. The Hall–Kier alpha value is -1.06. The second kappa shape index (κ2) is 5.07. The Kier molecular flexibility index (Phi) is 3.69. The average Bonchev–Trinajstić information content (AvgIpc) is 2.71. The summed E-state index contributed by atoms with van der Waals surface area (Å²) in [6.45, 7) is 4.24. The van der Waals surface area contributed by atoms with E-state index in [1.165, 1.54) is 16.7 Å². The molecule has 90 valence electrons. The van der Waals surface area contributed by atoms with Crippen molar-refractivity contribution >= 4 is 15.9 Å². The molecule has 0 amide bonds. The summed E-state index contributed by atoms with van der Waals surface area (Å²) < 4.78 is 6.11. The van der Waals surface area contributed by atoms with Crippen LogP contribution in [0.25, 0.3) is 0 Å². The van der Waals surface area contributed by atoms with Crippen LogP contribution in [-0.2, 0) is 0 Å². The molecule has 1 aromatic carbocycles. The Morgan fingerprint density at radius 3 is 2.53 bits per heavy atom. The largest absolute Gasteiger partial charge is 0.457 e. The number of hydrogen-bond donors (Lipinski definition) is 1. The van der Waals surface area contributed by atoms with E-state index in [-0.39, 0.29) is 6.04 Å². The van der Waals surface area contributed by atoms with Crippen LogP contribution in [-0.4, -0.2) is 7.05 Å². The van der Waals surface area contributed by atoms with Crippen molar-refractivity contribution in [2.24, 2.45) is 0 Å². The van der Waals surface area contributed by atoms with Crippen LogP contribution in [0.15, 0.2) is 39.6 Å². The second-order valence-electron chi connectivity index (χ2n) is 4.23. The van der Waals surface area contributed by atoms with Gasteiger partial charge in [0.1, 0.15) is 0 Å². The first-order chi connectivity index (χ1) is 8.13. The average molecular weight is 294 g/mol. The zero-order chi connectivity index (χ0) is 12.4. The summed E-state index contributed by atoms with van der Waals surface area (Å²) in [4.78, 5) is 0. The summed E-state index contributed by atoms with van der Waals surface area (Å²) in [5, 5.41) is 3.34. The lowest BCUT2D eigenvalue weighted by Gasteiger charge is -2.18. The monoisotopic (exact) mass is 293 g/mol. The van der Waals surface area contributed by atoms with Crippen LogP contribution in [0, 0.1) is 13.8 Å². The van der Waals surface area contributed by atoms with E-state index >= 15 is 0 Å². The SMILES string of the molecule is CNC(c1cc(C)ccc1C)c1ccoc1Br. The predicted octanol–water partition coefficient (Wildman–Crippen LogP) is 3.97. The Morgan fingerprint density at radius 1 is 1.18 bits per heavy atom. The van der Waals surface area contributed by atoms with Crippen molar-refractivity contribution in [2.75, 3.05) is 7.05 Å². The number of furan rings is 1. The number of benzene rings is 1. The fourth-order valence-corrected chi connectivity index (χ4v) is 2.53. The molecule has 0 bridgehead atoms.